The van der Waals surface area contributed by atoms with E-state index >= 15 is 0 Å². The summed E-state index contributed by atoms with van der Waals surface area (Å²) in [5, 5.41) is 3.77. The third kappa shape index (κ3) is 10.4. The summed E-state index contributed by atoms with van der Waals surface area (Å²) in [5.41, 5.74) is 0. The minimum absolute atomic E-state index is 0.472. The number of unbranched alkanes of at least 4 members (excludes halogenated alkanes) is 1. The average molecular weight is 289 g/mol. The zero-order valence-electron chi connectivity index (χ0n) is 9.08. The maximum absolute atomic E-state index is 10.8. The van der Waals surface area contributed by atoms with Crippen LogP contribution in [0.4, 0.5) is 0 Å². The molecule has 1 atom stereocenters. The lowest BCUT2D eigenvalue weighted by molar-refractivity contribution is 0.282. The Morgan fingerprint density at radius 1 is 1.50 bits per heavy atom. The molecular formula is C7H15NO5S3. The summed E-state index contributed by atoms with van der Waals surface area (Å²) in [4.78, 5) is 0. The smallest absolute Gasteiger partial charge is 0.260 e. The highest BCUT2D eigenvalue weighted by Gasteiger charge is 2.05. The van der Waals surface area contributed by atoms with Gasteiger partial charge in [0.2, 0.25) is 0 Å². The molecule has 0 aliphatic carbocycles. The molecule has 0 aromatic heterocycles. The Kier molecular flexibility index (Phi) is 7.98. The maximum Gasteiger partial charge on any atom is 0.466 e. The highest BCUT2D eigenvalue weighted by Crippen LogP contribution is 2.09. The van der Waals surface area contributed by atoms with Gasteiger partial charge in [-0.15, -0.1) is 11.8 Å². The van der Waals surface area contributed by atoms with Crippen LogP contribution in [0.5, 0.6) is 0 Å². The molecule has 0 aliphatic heterocycles. The normalized spacial score (nSPS) is 14.8. The molecule has 96 valence electrons. The summed E-state index contributed by atoms with van der Waals surface area (Å²) in [6, 6.07) is 0. The maximum atomic E-state index is 10.8. The van der Waals surface area contributed by atoms with E-state index in [1.165, 1.54) is 11.8 Å². The van der Waals surface area contributed by atoms with Gasteiger partial charge in [0.05, 0.1) is 0 Å². The molecule has 0 aromatic rings. The predicted molar refractivity (Wildman–Crippen MR) is 66.4 cm³/mol. The highest BCUT2D eigenvalue weighted by atomic mass is 32.3. The van der Waals surface area contributed by atoms with Gasteiger partial charge in [-0.1, -0.05) is 5.16 Å². The van der Waals surface area contributed by atoms with Crippen LogP contribution in [0.15, 0.2) is 5.16 Å². The Labute approximate surface area is 102 Å². The summed E-state index contributed by atoms with van der Waals surface area (Å²) in [7, 11) is -5.34. The van der Waals surface area contributed by atoms with Gasteiger partial charge in [-0.05, 0) is 25.5 Å². The molecule has 0 saturated carbocycles. The van der Waals surface area contributed by atoms with Crippen molar-refractivity contribution >= 4 is 38.0 Å². The lowest BCUT2D eigenvalue weighted by Gasteiger charge is -2.01. The molecule has 0 rings (SSSR count). The summed E-state index contributed by atoms with van der Waals surface area (Å²) in [6.07, 6.45) is 5.41. The van der Waals surface area contributed by atoms with Crippen molar-refractivity contribution in [3.8, 4) is 0 Å². The minimum atomic E-state index is -4.52. The van der Waals surface area contributed by atoms with E-state index in [0.29, 0.717) is 17.2 Å². The molecule has 0 bridgehead atoms. The topological polar surface area (TPSA) is 93.0 Å². The molecule has 0 aliphatic rings. The zero-order valence-corrected chi connectivity index (χ0v) is 11.5. The first-order valence-corrected chi connectivity index (χ1v) is 8.74. The molecule has 9 heteroatoms. The van der Waals surface area contributed by atoms with Crippen molar-refractivity contribution in [1.29, 1.82) is 0 Å². The Morgan fingerprint density at radius 2 is 2.12 bits per heavy atom. The monoisotopic (exact) mass is 289 g/mol. The average Bonchev–Trinajstić information content (AvgIpc) is 2.15. The molecule has 1 N–H and O–H groups in total. The molecule has 0 fully saturated rings. The fraction of sp³-hybridized carbons (Fsp3) is 0.857. The molecule has 0 radical (unpaired) electrons. The number of thioether (sulfide) groups is 1. The lowest BCUT2D eigenvalue weighted by atomic mass is 10.3. The Hall–Kier alpha value is -0.120. The number of rotatable bonds is 7. The Balaban J connectivity index is 3.96. The van der Waals surface area contributed by atoms with E-state index in [2.05, 4.69) is 9.44 Å². The van der Waals surface area contributed by atoms with Crippen molar-refractivity contribution in [1.82, 2.24) is 0 Å². The van der Waals surface area contributed by atoms with Crippen LogP contribution in [-0.4, -0.2) is 40.5 Å². The number of oxime groups is 1. The summed E-state index contributed by atoms with van der Waals surface area (Å²) in [5.74, 6) is 0.612. The second kappa shape index (κ2) is 8.04. The standard InChI is InChI=1S/C7H15NO5S3/c1-14-7(8-13-16(10,11)12)5-3-4-6-15(2)9/h3-6H2,1-2H3,(H,10,11,12). The number of hydrogen-bond acceptors (Lipinski definition) is 6. The van der Waals surface area contributed by atoms with Gasteiger partial charge in [-0.25, -0.2) is 4.28 Å². The molecule has 0 heterocycles. The van der Waals surface area contributed by atoms with E-state index in [9.17, 15) is 12.6 Å². The molecular weight excluding hydrogens is 274 g/mol. The first-order valence-electron chi connectivity index (χ1n) is 4.42. The minimum Gasteiger partial charge on any atom is -0.260 e. The van der Waals surface area contributed by atoms with Gasteiger partial charge in [0, 0.05) is 22.8 Å². The van der Waals surface area contributed by atoms with Gasteiger partial charge >= 0.3 is 10.4 Å². The van der Waals surface area contributed by atoms with Gasteiger partial charge in [0.1, 0.15) is 5.04 Å². The van der Waals surface area contributed by atoms with Gasteiger partial charge in [0.25, 0.3) is 0 Å². The van der Waals surface area contributed by atoms with Crippen molar-refractivity contribution in [2.75, 3.05) is 18.3 Å². The van der Waals surface area contributed by atoms with Crippen LogP contribution in [0, 0.1) is 0 Å². The van der Waals surface area contributed by atoms with Gasteiger partial charge in [-0.2, -0.15) is 8.42 Å². The van der Waals surface area contributed by atoms with Crippen molar-refractivity contribution < 1.29 is 21.5 Å². The summed E-state index contributed by atoms with van der Waals surface area (Å²) < 4.78 is 43.4. The van der Waals surface area contributed by atoms with E-state index in [4.69, 9.17) is 4.55 Å². The van der Waals surface area contributed by atoms with Gasteiger partial charge < -0.3 is 0 Å². The molecule has 0 aromatic carbocycles. The van der Waals surface area contributed by atoms with E-state index in [0.717, 1.165) is 12.8 Å². The Bertz CT molecular complexity index is 351. The van der Waals surface area contributed by atoms with Crippen LogP contribution >= 0.6 is 11.8 Å². The third-order valence-corrected chi connectivity index (χ3v) is 3.42. The van der Waals surface area contributed by atoms with Crippen LogP contribution in [0.3, 0.4) is 0 Å². The first-order chi connectivity index (χ1) is 7.35. The van der Waals surface area contributed by atoms with Gasteiger partial charge in [0.15, 0.2) is 0 Å². The SMILES string of the molecule is CSC(CCCCS(C)=O)=NOS(=O)(=O)O. The summed E-state index contributed by atoms with van der Waals surface area (Å²) in [6.45, 7) is 0. The third-order valence-electron chi connectivity index (χ3n) is 1.54. The summed E-state index contributed by atoms with van der Waals surface area (Å²) >= 11 is 1.24. The quantitative estimate of drug-likeness (QED) is 0.247. The van der Waals surface area contributed by atoms with Crippen molar-refractivity contribution in [3.63, 3.8) is 0 Å². The first kappa shape index (κ1) is 15.9. The largest absolute Gasteiger partial charge is 0.466 e. The van der Waals surface area contributed by atoms with Gasteiger partial charge in [-0.3, -0.25) is 8.76 Å². The second-order valence-electron chi connectivity index (χ2n) is 2.93. The van der Waals surface area contributed by atoms with Crippen LogP contribution in [-0.2, 0) is 25.5 Å². The van der Waals surface area contributed by atoms with Crippen LogP contribution in [0.1, 0.15) is 19.3 Å². The van der Waals surface area contributed by atoms with Crippen LogP contribution in [0.25, 0.3) is 0 Å². The molecule has 0 amide bonds. The fourth-order valence-corrected chi connectivity index (χ4v) is 2.16. The van der Waals surface area contributed by atoms with E-state index in [-0.39, 0.29) is 0 Å². The lowest BCUT2D eigenvalue weighted by Crippen LogP contribution is -2.02. The highest BCUT2D eigenvalue weighted by molar-refractivity contribution is 8.13. The van der Waals surface area contributed by atoms with Crippen molar-refractivity contribution in [2.24, 2.45) is 5.16 Å². The molecule has 6 nitrogen and oxygen atoms in total. The van der Waals surface area contributed by atoms with Crippen LogP contribution < -0.4 is 0 Å². The van der Waals surface area contributed by atoms with E-state index in [1.54, 1.807) is 12.5 Å². The molecule has 0 spiro atoms. The number of nitrogens with zero attached hydrogens (tertiary/aromatic N) is 1. The van der Waals surface area contributed by atoms with E-state index in [1.807, 2.05) is 0 Å². The molecule has 1 unspecified atom stereocenters. The predicted octanol–water partition coefficient (Wildman–Crippen LogP) is 1.03. The molecule has 16 heavy (non-hydrogen) atoms. The fourth-order valence-electron chi connectivity index (χ4n) is 0.855. The number of hydrogen-bond donors (Lipinski definition) is 1. The van der Waals surface area contributed by atoms with Crippen molar-refractivity contribution in [3.05, 3.63) is 0 Å². The molecule has 0 saturated heterocycles. The van der Waals surface area contributed by atoms with E-state index < -0.39 is 21.2 Å². The van der Waals surface area contributed by atoms with Crippen LogP contribution in [0.2, 0.25) is 0 Å². The van der Waals surface area contributed by atoms with Crippen molar-refractivity contribution in [2.45, 2.75) is 19.3 Å². The second-order valence-corrected chi connectivity index (χ2v) is 6.36. The zero-order chi connectivity index (χ0) is 12.6. The Morgan fingerprint density at radius 3 is 2.56 bits per heavy atom.